The van der Waals surface area contributed by atoms with Crippen LogP contribution in [0.15, 0.2) is 42.5 Å². The summed E-state index contributed by atoms with van der Waals surface area (Å²) >= 11 is 0. The van der Waals surface area contributed by atoms with E-state index < -0.39 is 6.04 Å². The third-order valence-corrected chi connectivity index (χ3v) is 5.96. The molecular formula is C29H42N2O5. The molecule has 0 aliphatic carbocycles. The van der Waals surface area contributed by atoms with Gasteiger partial charge in [-0.15, -0.1) is 0 Å². The number of nitrogens with zero attached hydrogens (tertiary/aromatic N) is 1. The average Bonchev–Trinajstić information content (AvgIpc) is 2.89. The van der Waals surface area contributed by atoms with Crippen LogP contribution in [0.4, 0.5) is 0 Å². The lowest BCUT2D eigenvalue weighted by Gasteiger charge is -2.31. The quantitative estimate of drug-likeness (QED) is 0.324. The Labute approximate surface area is 216 Å². The molecule has 1 N–H and O–H groups in total. The van der Waals surface area contributed by atoms with Crippen LogP contribution < -0.4 is 19.5 Å². The molecule has 0 saturated heterocycles. The lowest BCUT2D eigenvalue weighted by molar-refractivity contribution is -0.141. The van der Waals surface area contributed by atoms with Crippen LogP contribution >= 0.6 is 0 Å². The Morgan fingerprint density at radius 2 is 1.58 bits per heavy atom. The summed E-state index contributed by atoms with van der Waals surface area (Å²) in [6.07, 6.45) is 3.27. The third-order valence-electron chi connectivity index (χ3n) is 5.96. The number of aryl methyl sites for hydroxylation is 1. The van der Waals surface area contributed by atoms with Gasteiger partial charge >= 0.3 is 0 Å². The molecule has 1 atom stereocenters. The van der Waals surface area contributed by atoms with E-state index >= 15 is 0 Å². The van der Waals surface area contributed by atoms with Crippen molar-refractivity contribution in [3.05, 3.63) is 53.6 Å². The van der Waals surface area contributed by atoms with Gasteiger partial charge in [-0.3, -0.25) is 9.59 Å². The topological polar surface area (TPSA) is 77.1 Å². The maximum absolute atomic E-state index is 13.5. The van der Waals surface area contributed by atoms with Gasteiger partial charge in [-0.05, 0) is 68.5 Å². The summed E-state index contributed by atoms with van der Waals surface area (Å²) in [5.74, 6) is 1.97. The first-order chi connectivity index (χ1) is 17.5. The number of nitrogens with one attached hydrogen (secondary N) is 1. The van der Waals surface area contributed by atoms with E-state index in [4.69, 9.17) is 14.2 Å². The largest absolute Gasteiger partial charge is 0.497 e. The molecule has 2 aromatic rings. The molecule has 0 aliphatic heterocycles. The number of hydrogen-bond acceptors (Lipinski definition) is 5. The number of benzene rings is 2. The molecule has 2 aromatic carbocycles. The van der Waals surface area contributed by atoms with E-state index in [0.717, 1.165) is 29.7 Å². The summed E-state index contributed by atoms with van der Waals surface area (Å²) in [4.78, 5) is 28.3. The molecule has 0 spiro atoms. The van der Waals surface area contributed by atoms with Crippen LogP contribution in [0.3, 0.4) is 0 Å². The summed E-state index contributed by atoms with van der Waals surface area (Å²) in [6, 6.07) is 12.9. The second-order valence-electron chi connectivity index (χ2n) is 8.59. The fourth-order valence-electron chi connectivity index (χ4n) is 4.00. The lowest BCUT2D eigenvalue weighted by Crippen LogP contribution is -2.49. The van der Waals surface area contributed by atoms with Gasteiger partial charge in [0.2, 0.25) is 11.8 Å². The summed E-state index contributed by atoms with van der Waals surface area (Å²) in [5.41, 5.74) is 1.93. The fraction of sp³-hybridized carbons (Fsp3) is 0.517. The minimum atomic E-state index is -0.532. The number of amides is 2. The van der Waals surface area contributed by atoms with Crippen LogP contribution in [-0.2, 0) is 22.6 Å². The molecule has 0 bridgehead atoms. The van der Waals surface area contributed by atoms with Gasteiger partial charge in [0.05, 0.1) is 20.3 Å². The van der Waals surface area contributed by atoms with Gasteiger partial charge in [0, 0.05) is 19.5 Å². The van der Waals surface area contributed by atoms with Gasteiger partial charge in [-0.25, -0.2) is 0 Å². The average molecular weight is 499 g/mol. The van der Waals surface area contributed by atoms with Crippen LogP contribution in [0.1, 0.15) is 64.5 Å². The van der Waals surface area contributed by atoms with Crippen LogP contribution in [0.5, 0.6) is 17.2 Å². The second kappa shape index (κ2) is 15.7. The van der Waals surface area contributed by atoms with Crippen molar-refractivity contribution in [3.63, 3.8) is 0 Å². The Balaban J connectivity index is 2.21. The Kier molecular flexibility index (Phi) is 12.7. The van der Waals surface area contributed by atoms with E-state index in [-0.39, 0.29) is 18.2 Å². The third kappa shape index (κ3) is 8.77. The molecule has 7 heteroatoms. The Morgan fingerprint density at radius 1 is 0.917 bits per heavy atom. The zero-order chi connectivity index (χ0) is 26.3. The number of carbonyl (C=O) groups excluding carboxylic acids is 2. The number of unbranched alkanes of at least 4 members (excludes halogenated alkanes) is 1. The highest BCUT2D eigenvalue weighted by molar-refractivity contribution is 5.87. The van der Waals surface area contributed by atoms with Crippen molar-refractivity contribution >= 4 is 11.8 Å². The van der Waals surface area contributed by atoms with Crippen molar-refractivity contribution in [1.29, 1.82) is 0 Å². The second-order valence-corrected chi connectivity index (χ2v) is 8.59. The lowest BCUT2D eigenvalue weighted by atomic mass is 10.1. The zero-order valence-corrected chi connectivity index (χ0v) is 22.5. The minimum Gasteiger partial charge on any atom is -0.497 e. The standard InChI is InChI=1S/C29H42N2O5/c1-6-10-19-30-29(33)25(7-2)31(21-23-11-15-24(34-5)16-12-23)28(32)18-14-22-13-17-26(35-8-3)27(20-22)36-9-4/h11-13,15-17,20,25H,6-10,14,18-19,21H2,1-5H3,(H,30,33). The number of hydrogen-bond donors (Lipinski definition) is 1. The van der Waals surface area contributed by atoms with E-state index in [1.54, 1.807) is 12.0 Å². The molecule has 0 saturated carbocycles. The highest BCUT2D eigenvalue weighted by Crippen LogP contribution is 2.29. The summed E-state index contributed by atoms with van der Waals surface area (Å²) < 4.78 is 16.6. The Morgan fingerprint density at radius 3 is 2.19 bits per heavy atom. The molecule has 1 unspecified atom stereocenters. The molecule has 36 heavy (non-hydrogen) atoms. The van der Waals surface area contributed by atoms with Crippen LogP contribution in [-0.4, -0.2) is 49.6 Å². The van der Waals surface area contributed by atoms with Gasteiger partial charge in [-0.2, -0.15) is 0 Å². The SMILES string of the molecule is CCCCNC(=O)C(CC)N(Cc1ccc(OC)cc1)C(=O)CCc1ccc(OCC)c(OCC)c1. The van der Waals surface area contributed by atoms with Gasteiger partial charge in [0.1, 0.15) is 11.8 Å². The van der Waals surface area contributed by atoms with E-state index in [1.165, 1.54) is 0 Å². The van der Waals surface area contributed by atoms with E-state index in [1.807, 2.05) is 63.2 Å². The van der Waals surface area contributed by atoms with Gasteiger partial charge in [0.15, 0.2) is 11.5 Å². The molecule has 0 aliphatic rings. The number of methoxy groups -OCH3 is 1. The highest BCUT2D eigenvalue weighted by atomic mass is 16.5. The maximum Gasteiger partial charge on any atom is 0.242 e. The molecule has 7 nitrogen and oxygen atoms in total. The van der Waals surface area contributed by atoms with Gasteiger partial charge in [0.25, 0.3) is 0 Å². The monoisotopic (exact) mass is 498 g/mol. The smallest absolute Gasteiger partial charge is 0.242 e. The fourth-order valence-corrected chi connectivity index (χ4v) is 4.00. The van der Waals surface area contributed by atoms with Crippen LogP contribution in [0.2, 0.25) is 0 Å². The summed E-state index contributed by atoms with van der Waals surface area (Å²) in [7, 11) is 1.62. The summed E-state index contributed by atoms with van der Waals surface area (Å²) in [5, 5.41) is 3.00. The Hall–Kier alpha value is -3.22. The molecule has 2 amide bonds. The predicted octanol–water partition coefficient (Wildman–Crippen LogP) is 5.15. The van der Waals surface area contributed by atoms with Crippen molar-refractivity contribution in [3.8, 4) is 17.2 Å². The van der Waals surface area contributed by atoms with Gasteiger partial charge < -0.3 is 24.4 Å². The first-order valence-corrected chi connectivity index (χ1v) is 13.1. The van der Waals surface area contributed by atoms with Crippen molar-refractivity contribution in [2.45, 2.75) is 72.4 Å². The molecule has 2 rings (SSSR count). The van der Waals surface area contributed by atoms with Gasteiger partial charge in [-0.1, -0.05) is 38.5 Å². The molecule has 0 heterocycles. The van der Waals surface area contributed by atoms with Crippen molar-refractivity contribution in [2.24, 2.45) is 0 Å². The number of ether oxygens (including phenoxy) is 3. The first kappa shape index (κ1) is 29.0. The normalized spacial score (nSPS) is 11.5. The Bertz CT molecular complexity index is 945. The van der Waals surface area contributed by atoms with Crippen molar-refractivity contribution in [1.82, 2.24) is 10.2 Å². The first-order valence-electron chi connectivity index (χ1n) is 13.1. The minimum absolute atomic E-state index is 0.0600. The maximum atomic E-state index is 13.5. The number of carbonyl (C=O) groups is 2. The number of rotatable bonds is 16. The van der Waals surface area contributed by atoms with Crippen LogP contribution in [0.25, 0.3) is 0 Å². The predicted molar refractivity (Wildman–Crippen MR) is 143 cm³/mol. The molecule has 0 radical (unpaired) electrons. The zero-order valence-electron chi connectivity index (χ0n) is 22.5. The van der Waals surface area contributed by atoms with E-state index in [0.29, 0.717) is 50.6 Å². The highest BCUT2D eigenvalue weighted by Gasteiger charge is 2.28. The van der Waals surface area contributed by atoms with Crippen molar-refractivity contribution < 1.29 is 23.8 Å². The van der Waals surface area contributed by atoms with E-state index in [9.17, 15) is 9.59 Å². The van der Waals surface area contributed by atoms with Crippen molar-refractivity contribution in [2.75, 3.05) is 26.9 Å². The molecular weight excluding hydrogens is 456 g/mol. The molecule has 0 fully saturated rings. The summed E-state index contributed by atoms with van der Waals surface area (Å²) in [6.45, 7) is 9.95. The molecule has 198 valence electrons. The molecule has 0 aromatic heterocycles. The van der Waals surface area contributed by atoms with Crippen LogP contribution in [0, 0.1) is 0 Å². The van der Waals surface area contributed by atoms with E-state index in [2.05, 4.69) is 12.2 Å².